The molecule has 3 N–H and O–H groups in total. The number of benzene rings is 1. The van der Waals surface area contributed by atoms with E-state index in [1.54, 1.807) is 26.0 Å². The molecule has 2 rings (SSSR count). The van der Waals surface area contributed by atoms with Crippen LogP contribution in [0.4, 0.5) is 10.5 Å². The van der Waals surface area contributed by atoms with Gasteiger partial charge in [-0.25, -0.2) is 17.9 Å². The lowest BCUT2D eigenvalue weighted by Crippen LogP contribution is -2.57. The van der Waals surface area contributed by atoms with E-state index < -0.39 is 20.9 Å². The first-order valence-electron chi connectivity index (χ1n) is 7.60. The van der Waals surface area contributed by atoms with Gasteiger partial charge in [0.1, 0.15) is 0 Å². The molecule has 0 fully saturated rings. The van der Waals surface area contributed by atoms with Crippen LogP contribution in [0.25, 0.3) is 0 Å². The van der Waals surface area contributed by atoms with Crippen molar-refractivity contribution in [2.45, 2.75) is 31.7 Å². The Kier molecular flexibility index (Phi) is 5.28. The van der Waals surface area contributed by atoms with Crippen molar-refractivity contribution in [3.8, 4) is 0 Å². The first kappa shape index (κ1) is 18.0. The summed E-state index contributed by atoms with van der Waals surface area (Å²) in [4.78, 5) is 14.4. The molecule has 0 saturated heterocycles. The van der Waals surface area contributed by atoms with Crippen molar-refractivity contribution < 1.29 is 13.2 Å². The molecule has 0 radical (unpaired) electrons. The second-order valence-electron chi connectivity index (χ2n) is 5.91. The molecule has 2 amide bonds. The Bertz CT molecular complexity index is 771. The molecule has 1 heterocycles. The van der Waals surface area contributed by atoms with Crippen LogP contribution in [0.2, 0.25) is 0 Å². The third kappa shape index (κ3) is 3.94. The number of dihydropyridines is 1. The molecule has 24 heavy (non-hydrogen) atoms. The highest BCUT2D eigenvalue weighted by atomic mass is 32.2. The number of carbonyl (C=O) groups is 1. The molecule has 1 aliphatic rings. The Morgan fingerprint density at radius 2 is 2.00 bits per heavy atom. The molecule has 0 aromatic heterocycles. The van der Waals surface area contributed by atoms with Crippen molar-refractivity contribution in [3.63, 3.8) is 0 Å². The maximum absolute atomic E-state index is 12.9. The zero-order valence-electron chi connectivity index (χ0n) is 13.9. The molecule has 0 spiro atoms. The second-order valence-corrected chi connectivity index (χ2v) is 7.85. The number of hydrogen-bond acceptors (Lipinski definition) is 5. The van der Waals surface area contributed by atoms with E-state index in [0.29, 0.717) is 5.69 Å². The fraction of sp³-hybridized carbons (Fsp3) is 0.375. The molecule has 7 nitrogen and oxygen atoms in total. The Balaban J connectivity index is 2.34. The van der Waals surface area contributed by atoms with Crippen molar-refractivity contribution in [1.82, 2.24) is 10.0 Å². The molecule has 130 valence electrons. The fourth-order valence-electron chi connectivity index (χ4n) is 2.27. The number of carbonyl (C=O) groups excluding carboxylic acids is 1. The zero-order valence-corrected chi connectivity index (χ0v) is 14.7. The standard InChI is InChI=1S/C16H22N4O3S/c1-12(2)18-15(21)20-24(22,23)16(9-6-10-17-11-16)19-14-8-5-4-7-13(14)3/h4-10,12,19H,11H2,1-3H3,(H2,18,20,21). The van der Waals surface area contributed by atoms with Crippen LogP contribution in [-0.4, -0.2) is 38.1 Å². The highest BCUT2D eigenvalue weighted by molar-refractivity contribution is 7.91. The molecule has 8 heteroatoms. The molecule has 1 aromatic carbocycles. The Hall–Kier alpha value is -2.35. The Morgan fingerprint density at radius 3 is 2.58 bits per heavy atom. The summed E-state index contributed by atoms with van der Waals surface area (Å²) in [6, 6.07) is 6.39. The lowest BCUT2D eigenvalue weighted by Gasteiger charge is -2.32. The highest BCUT2D eigenvalue weighted by Gasteiger charge is 2.44. The predicted octanol–water partition coefficient (Wildman–Crippen LogP) is 1.78. The van der Waals surface area contributed by atoms with Crippen LogP contribution in [0.5, 0.6) is 0 Å². The smallest absolute Gasteiger partial charge is 0.328 e. The van der Waals surface area contributed by atoms with Crippen LogP contribution in [0.3, 0.4) is 0 Å². The van der Waals surface area contributed by atoms with Gasteiger partial charge in [0.05, 0.1) is 6.54 Å². The van der Waals surface area contributed by atoms with E-state index in [1.807, 2.05) is 25.1 Å². The number of anilines is 1. The summed E-state index contributed by atoms with van der Waals surface area (Å²) in [5, 5.41) is 5.54. The van der Waals surface area contributed by atoms with Crippen LogP contribution < -0.4 is 15.4 Å². The van der Waals surface area contributed by atoms with Crippen molar-refractivity contribution in [3.05, 3.63) is 42.0 Å². The van der Waals surface area contributed by atoms with Gasteiger partial charge in [-0.1, -0.05) is 18.2 Å². The molecule has 0 bridgehead atoms. The molecular formula is C16H22N4O3S. The lowest BCUT2D eigenvalue weighted by molar-refractivity contribution is 0.243. The van der Waals surface area contributed by atoms with Gasteiger partial charge in [-0.05, 0) is 44.6 Å². The van der Waals surface area contributed by atoms with Crippen LogP contribution in [0.15, 0.2) is 41.4 Å². The van der Waals surface area contributed by atoms with Gasteiger partial charge >= 0.3 is 6.03 Å². The first-order valence-corrected chi connectivity index (χ1v) is 9.08. The molecule has 0 aliphatic carbocycles. The minimum absolute atomic E-state index is 0.0396. The largest absolute Gasteiger partial charge is 0.360 e. The number of nitrogens with one attached hydrogen (secondary N) is 3. The van der Waals surface area contributed by atoms with E-state index in [0.717, 1.165) is 5.56 Å². The van der Waals surface area contributed by atoms with Gasteiger partial charge < -0.3 is 10.6 Å². The summed E-state index contributed by atoms with van der Waals surface area (Å²) in [7, 11) is -4.08. The second kappa shape index (κ2) is 7.04. The number of hydrogen-bond donors (Lipinski definition) is 3. The maximum Gasteiger partial charge on any atom is 0.328 e. The molecular weight excluding hydrogens is 328 g/mol. The number of para-hydroxylation sites is 1. The third-order valence-electron chi connectivity index (χ3n) is 3.50. The lowest BCUT2D eigenvalue weighted by atomic mass is 10.1. The molecule has 1 aromatic rings. The number of aryl methyl sites for hydroxylation is 1. The maximum atomic E-state index is 12.9. The zero-order chi connectivity index (χ0) is 17.8. The van der Waals surface area contributed by atoms with Crippen LogP contribution in [0, 0.1) is 6.92 Å². The van der Waals surface area contributed by atoms with Gasteiger partial charge in [-0.15, -0.1) is 0 Å². The summed E-state index contributed by atoms with van der Waals surface area (Å²) < 4.78 is 27.8. The van der Waals surface area contributed by atoms with Gasteiger partial charge in [0.15, 0.2) is 4.87 Å². The van der Waals surface area contributed by atoms with Crippen molar-refractivity contribution in [2.75, 3.05) is 11.9 Å². The number of urea groups is 1. The molecule has 0 saturated carbocycles. The van der Waals surface area contributed by atoms with Crippen LogP contribution in [0.1, 0.15) is 19.4 Å². The van der Waals surface area contributed by atoms with Gasteiger partial charge in [-0.3, -0.25) is 4.99 Å². The van der Waals surface area contributed by atoms with Gasteiger partial charge in [0.2, 0.25) is 0 Å². The topological polar surface area (TPSA) is 99.7 Å². The number of rotatable bonds is 5. The fourth-order valence-corrected chi connectivity index (χ4v) is 3.50. The van der Waals surface area contributed by atoms with E-state index in [9.17, 15) is 13.2 Å². The molecule has 1 aliphatic heterocycles. The first-order chi connectivity index (χ1) is 11.3. The number of aliphatic imine (C=N–C) groups is 1. The summed E-state index contributed by atoms with van der Waals surface area (Å²) in [6.45, 7) is 5.33. The monoisotopic (exact) mass is 350 g/mol. The van der Waals surface area contributed by atoms with Gasteiger partial charge in [0.25, 0.3) is 10.0 Å². The van der Waals surface area contributed by atoms with E-state index in [4.69, 9.17) is 0 Å². The Labute approximate surface area is 142 Å². The minimum Gasteiger partial charge on any atom is -0.360 e. The van der Waals surface area contributed by atoms with Crippen molar-refractivity contribution >= 4 is 28.0 Å². The van der Waals surface area contributed by atoms with E-state index in [2.05, 4.69) is 20.3 Å². The van der Waals surface area contributed by atoms with Gasteiger partial charge in [-0.2, -0.15) is 0 Å². The third-order valence-corrected chi connectivity index (χ3v) is 5.28. The molecule has 1 atom stereocenters. The quantitative estimate of drug-likeness (QED) is 0.754. The summed E-state index contributed by atoms with van der Waals surface area (Å²) in [6.07, 6.45) is 4.58. The average molecular weight is 350 g/mol. The number of nitrogens with zero attached hydrogens (tertiary/aromatic N) is 1. The van der Waals surface area contributed by atoms with E-state index in [-0.39, 0.29) is 12.6 Å². The Morgan fingerprint density at radius 1 is 1.29 bits per heavy atom. The van der Waals surface area contributed by atoms with Crippen molar-refractivity contribution in [2.24, 2.45) is 4.99 Å². The van der Waals surface area contributed by atoms with Crippen LogP contribution >= 0.6 is 0 Å². The normalized spacial score (nSPS) is 20.0. The predicted molar refractivity (Wildman–Crippen MR) is 95.8 cm³/mol. The highest BCUT2D eigenvalue weighted by Crippen LogP contribution is 2.26. The number of allylic oxidation sites excluding steroid dienone is 1. The van der Waals surface area contributed by atoms with Gasteiger partial charge in [0, 0.05) is 17.9 Å². The minimum atomic E-state index is -4.08. The summed E-state index contributed by atoms with van der Waals surface area (Å²) in [5.41, 5.74) is 1.55. The van der Waals surface area contributed by atoms with Crippen LogP contribution in [-0.2, 0) is 10.0 Å². The van der Waals surface area contributed by atoms with E-state index >= 15 is 0 Å². The number of amides is 2. The van der Waals surface area contributed by atoms with E-state index in [1.165, 1.54) is 12.3 Å². The van der Waals surface area contributed by atoms with Crippen molar-refractivity contribution in [1.29, 1.82) is 0 Å². The SMILES string of the molecule is Cc1ccccc1NC1(S(=O)(=O)NC(=O)NC(C)C)C=CC=NC1. The number of sulfonamides is 1. The summed E-state index contributed by atoms with van der Waals surface area (Å²) in [5.74, 6) is 0. The average Bonchev–Trinajstić information content (AvgIpc) is 2.49. The summed E-state index contributed by atoms with van der Waals surface area (Å²) >= 11 is 0. The molecule has 1 unspecified atom stereocenters.